The fourth-order valence-electron chi connectivity index (χ4n) is 1.99. The Morgan fingerprint density at radius 3 is 2.47 bits per heavy atom. The topological polar surface area (TPSA) is 43.8 Å². The first-order valence-corrected chi connectivity index (χ1v) is 5.74. The summed E-state index contributed by atoms with van der Waals surface area (Å²) in [4.78, 5) is 0. The Labute approximate surface area is 91.7 Å². The average Bonchev–Trinajstić information content (AvgIpc) is 2.86. The van der Waals surface area contributed by atoms with Crippen molar-refractivity contribution < 1.29 is 0 Å². The average molecular weight is 207 g/mol. The minimum absolute atomic E-state index is 0.0403. The molecular weight excluding hydrogens is 186 g/mol. The van der Waals surface area contributed by atoms with Gasteiger partial charge in [-0.25, -0.2) is 0 Å². The van der Waals surface area contributed by atoms with Crippen LogP contribution >= 0.6 is 0 Å². The van der Waals surface area contributed by atoms with Crippen molar-refractivity contribution >= 4 is 5.69 Å². The molecular formula is C12H21N3. The Kier molecular flexibility index (Phi) is 2.28. The first kappa shape index (κ1) is 10.5. The zero-order chi connectivity index (χ0) is 11.2. The number of nitrogens with zero attached hydrogens (tertiary/aromatic N) is 2. The summed E-state index contributed by atoms with van der Waals surface area (Å²) in [6, 6.07) is 0.503. The van der Waals surface area contributed by atoms with E-state index in [1.807, 2.05) is 10.9 Å². The Balaban J connectivity index is 2.27. The second kappa shape index (κ2) is 3.26. The lowest BCUT2D eigenvalue weighted by molar-refractivity contribution is 0.426. The van der Waals surface area contributed by atoms with E-state index in [-0.39, 0.29) is 5.41 Å². The summed E-state index contributed by atoms with van der Waals surface area (Å²) in [5.74, 6) is 0.817. The van der Waals surface area contributed by atoms with E-state index >= 15 is 0 Å². The summed E-state index contributed by atoms with van der Waals surface area (Å²) in [6.07, 6.45) is 4.67. The summed E-state index contributed by atoms with van der Waals surface area (Å²) < 4.78 is 2.05. The van der Waals surface area contributed by atoms with Crippen molar-refractivity contribution in [2.24, 2.45) is 5.92 Å². The van der Waals surface area contributed by atoms with Gasteiger partial charge < -0.3 is 5.73 Å². The molecule has 0 amide bonds. The van der Waals surface area contributed by atoms with Gasteiger partial charge in [-0.3, -0.25) is 4.68 Å². The van der Waals surface area contributed by atoms with Crippen LogP contribution in [0.4, 0.5) is 5.69 Å². The normalized spacial score (nSPS) is 19.2. The van der Waals surface area contributed by atoms with Gasteiger partial charge in [0.2, 0.25) is 0 Å². The van der Waals surface area contributed by atoms with E-state index < -0.39 is 0 Å². The maximum absolute atomic E-state index is 6.00. The van der Waals surface area contributed by atoms with Crippen LogP contribution in [0, 0.1) is 5.92 Å². The Morgan fingerprint density at radius 1 is 1.47 bits per heavy atom. The molecule has 2 rings (SSSR count). The number of aromatic nitrogens is 2. The molecule has 0 aliphatic heterocycles. The van der Waals surface area contributed by atoms with E-state index in [2.05, 4.69) is 32.8 Å². The first-order valence-electron chi connectivity index (χ1n) is 5.74. The lowest BCUT2D eigenvalue weighted by atomic mass is 9.92. The molecule has 1 unspecified atom stereocenters. The van der Waals surface area contributed by atoms with E-state index in [1.54, 1.807) is 0 Å². The molecule has 1 saturated carbocycles. The maximum Gasteiger partial charge on any atom is 0.0907 e. The van der Waals surface area contributed by atoms with Gasteiger partial charge in [-0.15, -0.1) is 0 Å². The second-order valence-electron chi connectivity index (χ2n) is 5.74. The highest BCUT2D eigenvalue weighted by Gasteiger charge is 2.31. The summed E-state index contributed by atoms with van der Waals surface area (Å²) >= 11 is 0. The fraction of sp³-hybridized carbons (Fsp3) is 0.750. The molecule has 15 heavy (non-hydrogen) atoms. The van der Waals surface area contributed by atoms with E-state index in [1.165, 1.54) is 12.8 Å². The van der Waals surface area contributed by atoms with Crippen LogP contribution in [0.15, 0.2) is 6.20 Å². The number of nitrogens with two attached hydrogens (primary N) is 1. The third-order valence-electron chi connectivity index (χ3n) is 3.19. The Hall–Kier alpha value is -0.990. The summed E-state index contributed by atoms with van der Waals surface area (Å²) in [6.45, 7) is 8.68. The lowest BCUT2D eigenvalue weighted by Gasteiger charge is -2.16. The molecule has 1 aromatic heterocycles. The molecule has 0 aromatic carbocycles. The van der Waals surface area contributed by atoms with Crippen LogP contribution in [-0.2, 0) is 5.41 Å². The van der Waals surface area contributed by atoms with Gasteiger partial charge in [0, 0.05) is 11.6 Å². The molecule has 0 radical (unpaired) electrons. The molecule has 0 bridgehead atoms. The van der Waals surface area contributed by atoms with E-state index in [4.69, 9.17) is 5.73 Å². The minimum atomic E-state index is 0.0403. The molecule has 0 spiro atoms. The van der Waals surface area contributed by atoms with Crippen molar-refractivity contribution in [1.29, 1.82) is 0 Å². The third-order valence-corrected chi connectivity index (χ3v) is 3.19. The molecule has 1 atom stereocenters. The second-order valence-corrected chi connectivity index (χ2v) is 5.74. The van der Waals surface area contributed by atoms with Crippen LogP contribution < -0.4 is 5.73 Å². The molecule has 2 N–H and O–H groups in total. The Bertz CT molecular complexity index is 355. The first-order chi connectivity index (χ1) is 6.89. The monoisotopic (exact) mass is 207 g/mol. The van der Waals surface area contributed by atoms with E-state index in [0.29, 0.717) is 6.04 Å². The number of anilines is 1. The molecule has 1 heterocycles. The van der Waals surface area contributed by atoms with E-state index in [0.717, 1.165) is 17.3 Å². The van der Waals surface area contributed by atoms with Crippen molar-refractivity contribution in [3.63, 3.8) is 0 Å². The summed E-state index contributed by atoms with van der Waals surface area (Å²) in [5, 5.41) is 4.63. The van der Waals surface area contributed by atoms with Crippen LogP contribution in [0.3, 0.4) is 0 Å². The number of hydrogen-bond acceptors (Lipinski definition) is 2. The predicted molar refractivity (Wildman–Crippen MR) is 62.8 cm³/mol. The van der Waals surface area contributed by atoms with Crippen LogP contribution in [0.2, 0.25) is 0 Å². The quantitative estimate of drug-likeness (QED) is 0.810. The molecule has 3 nitrogen and oxygen atoms in total. The van der Waals surface area contributed by atoms with Gasteiger partial charge in [0.25, 0.3) is 0 Å². The fourth-order valence-corrected chi connectivity index (χ4v) is 1.99. The van der Waals surface area contributed by atoms with Gasteiger partial charge in [-0.1, -0.05) is 20.8 Å². The molecule has 1 aliphatic rings. The molecule has 3 heteroatoms. The van der Waals surface area contributed by atoms with Gasteiger partial charge >= 0.3 is 0 Å². The van der Waals surface area contributed by atoms with Crippen molar-refractivity contribution in [2.45, 2.75) is 52.0 Å². The van der Waals surface area contributed by atoms with Gasteiger partial charge in [-0.05, 0) is 25.7 Å². The lowest BCUT2D eigenvalue weighted by Crippen LogP contribution is -2.15. The highest BCUT2D eigenvalue weighted by atomic mass is 15.3. The van der Waals surface area contributed by atoms with Gasteiger partial charge in [-0.2, -0.15) is 5.10 Å². The maximum atomic E-state index is 6.00. The van der Waals surface area contributed by atoms with Gasteiger partial charge in [0.05, 0.1) is 17.4 Å². The van der Waals surface area contributed by atoms with Crippen LogP contribution in [0.5, 0.6) is 0 Å². The molecule has 1 aliphatic carbocycles. The molecule has 0 saturated heterocycles. The number of hydrogen-bond donors (Lipinski definition) is 1. The standard InChI is InChI=1S/C12H21N3/c1-8(9-5-6-9)15-7-10(13)11(14-15)12(2,3)4/h7-9H,5-6,13H2,1-4H3. The van der Waals surface area contributed by atoms with E-state index in [9.17, 15) is 0 Å². The van der Waals surface area contributed by atoms with Gasteiger partial charge in [0.1, 0.15) is 0 Å². The Morgan fingerprint density at radius 2 is 2.07 bits per heavy atom. The van der Waals surface area contributed by atoms with Crippen LogP contribution in [0.1, 0.15) is 52.3 Å². The smallest absolute Gasteiger partial charge is 0.0907 e. The van der Waals surface area contributed by atoms with Crippen molar-refractivity contribution in [3.8, 4) is 0 Å². The summed E-state index contributed by atoms with van der Waals surface area (Å²) in [7, 11) is 0. The highest BCUT2D eigenvalue weighted by molar-refractivity contribution is 5.44. The van der Waals surface area contributed by atoms with Crippen LogP contribution in [0.25, 0.3) is 0 Å². The SMILES string of the molecule is CC(C1CC1)n1cc(N)c(C(C)(C)C)n1. The highest BCUT2D eigenvalue weighted by Crippen LogP contribution is 2.40. The predicted octanol–water partition coefficient (Wildman–Crippen LogP) is 2.73. The van der Waals surface area contributed by atoms with Crippen molar-refractivity contribution in [2.75, 3.05) is 5.73 Å². The van der Waals surface area contributed by atoms with Crippen molar-refractivity contribution in [3.05, 3.63) is 11.9 Å². The van der Waals surface area contributed by atoms with Gasteiger partial charge in [0.15, 0.2) is 0 Å². The number of rotatable bonds is 2. The summed E-state index contributed by atoms with van der Waals surface area (Å²) in [5.41, 5.74) is 7.89. The van der Waals surface area contributed by atoms with Crippen LogP contribution in [-0.4, -0.2) is 9.78 Å². The molecule has 1 fully saturated rings. The zero-order valence-electron chi connectivity index (χ0n) is 10.1. The third kappa shape index (κ3) is 2.01. The largest absolute Gasteiger partial charge is 0.396 e. The zero-order valence-corrected chi connectivity index (χ0v) is 10.1. The molecule has 84 valence electrons. The number of nitrogen functional groups attached to an aromatic ring is 1. The molecule has 1 aromatic rings. The van der Waals surface area contributed by atoms with Crippen molar-refractivity contribution in [1.82, 2.24) is 9.78 Å². The minimum Gasteiger partial charge on any atom is -0.396 e.